The number of nitrogens with one attached hydrogen (secondary N) is 1. The molecule has 0 saturated carbocycles. The zero-order valence-corrected chi connectivity index (χ0v) is 20.9. The lowest BCUT2D eigenvalue weighted by atomic mass is 9.72. The van der Waals surface area contributed by atoms with E-state index in [0.717, 1.165) is 63.1 Å². The molecule has 1 saturated heterocycles. The first kappa shape index (κ1) is 24.4. The largest absolute Gasteiger partial charge is 0.381 e. The van der Waals surface area contributed by atoms with Gasteiger partial charge in [-0.3, -0.25) is 4.79 Å². The second kappa shape index (κ2) is 9.85. The Morgan fingerprint density at radius 1 is 1.21 bits per heavy atom. The lowest BCUT2D eigenvalue weighted by molar-refractivity contribution is -0.110. The zero-order chi connectivity index (χ0) is 24.3. The molecule has 6 nitrogen and oxygen atoms in total. The highest BCUT2D eigenvalue weighted by atomic mass is 16.5. The van der Waals surface area contributed by atoms with Crippen LogP contribution in [0, 0.1) is 12.0 Å². The van der Waals surface area contributed by atoms with Crippen LogP contribution in [0.25, 0.3) is 10.4 Å². The summed E-state index contributed by atoms with van der Waals surface area (Å²) in [6, 6.07) is 6.56. The number of carbonyl (C=O) groups is 1. The molecule has 6 heteroatoms. The fourth-order valence-electron chi connectivity index (χ4n) is 5.30. The van der Waals surface area contributed by atoms with E-state index in [9.17, 15) is 4.79 Å². The number of hydrogen-bond donors (Lipinski definition) is 1. The van der Waals surface area contributed by atoms with Crippen LogP contribution in [0.15, 0.2) is 41.2 Å². The summed E-state index contributed by atoms with van der Waals surface area (Å²) in [5.74, 6) is 0.0674. The van der Waals surface area contributed by atoms with E-state index in [2.05, 4.69) is 72.3 Å². The SMILES string of the molecule is [C-]#[N+]C1=CCC(C(=O)Nc2ccc(C3(CN(C)C)CCOCC3)cc2C2=CCC(C)(C)CC2)=N1. The topological polar surface area (TPSA) is 58.3 Å². The second-order valence-corrected chi connectivity index (χ2v) is 10.9. The maximum absolute atomic E-state index is 13.0. The van der Waals surface area contributed by atoms with E-state index in [1.54, 1.807) is 6.08 Å². The van der Waals surface area contributed by atoms with Gasteiger partial charge in [-0.25, -0.2) is 0 Å². The summed E-state index contributed by atoms with van der Waals surface area (Å²) in [6.45, 7) is 14.3. The van der Waals surface area contributed by atoms with Crippen molar-refractivity contribution in [1.29, 1.82) is 0 Å². The van der Waals surface area contributed by atoms with Gasteiger partial charge in [0.25, 0.3) is 11.7 Å². The molecule has 0 spiro atoms. The number of nitrogens with zero attached hydrogens (tertiary/aromatic N) is 3. The third kappa shape index (κ3) is 5.32. The molecule has 1 aliphatic carbocycles. The second-order valence-electron chi connectivity index (χ2n) is 10.9. The number of aliphatic imine (C=N–C) groups is 1. The van der Waals surface area contributed by atoms with Crippen LogP contribution in [0.4, 0.5) is 5.69 Å². The molecule has 1 N–H and O–H groups in total. The van der Waals surface area contributed by atoms with Gasteiger partial charge in [0.15, 0.2) is 5.71 Å². The van der Waals surface area contributed by atoms with Gasteiger partial charge in [0.1, 0.15) is 0 Å². The summed E-state index contributed by atoms with van der Waals surface area (Å²) in [6.07, 6.45) is 9.59. The van der Waals surface area contributed by atoms with Crippen LogP contribution in [0.5, 0.6) is 0 Å². The number of amides is 1. The fourth-order valence-corrected chi connectivity index (χ4v) is 5.30. The number of likely N-dealkylation sites (N-methyl/N-ethyl adjacent to an activating group) is 1. The average Bonchev–Trinajstić information content (AvgIpc) is 3.29. The highest BCUT2D eigenvalue weighted by molar-refractivity contribution is 6.44. The van der Waals surface area contributed by atoms with Gasteiger partial charge < -0.3 is 19.8 Å². The Labute approximate surface area is 203 Å². The van der Waals surface area contributed by atoms with Crippen LogP contribution >= 0.6 is 0 Å². The molecule has 0 radical (unpaired) electrons. The maximum atomic E-state index is 13.0. The van der Waals surface area contributed by atoms with Crippen LogP contribution < -0.4 is 5.32 Å². The Morgan fingerprint density at radius 3 is 2.59 bits per heavy atom. The van der Waals surface area contributed by atoms with E-state index in [1.807, 2.05) is 0 Å². The van der Waals surface area contributed by atoms with Crippen molar-refractivity contribution in [3.8, 4) is 0 Å². The summed E-state index contributed by atoms with van der Waals surface area (Å²) in [5.41, 5.74) is 5.30. The molecule has 0 bridgehead atoms. The molecule has 1 aromatic carbocycles. The molecule has 0 aromatic heterocycles. The van der Waals surface area contributed by atoms with Gasteiger partial charge in [-0.2, -0.15) is 0 Å². The lowest BCUT2D eigenvalue weighted by Crippen LogP contribution is -2.42. The molecule has 0 unspecified atom stereocenters. The number of rotatable bonds is 6. The summed E-state index contributed by atoms with van der Waals surface area (Å²) in [4.78, 5) is 22.8. The van der Waals surface area contributed by atoms with Crippen LogP contribution in [0.1, 0.15) is 63.5 Å². The number of ether oxygens (including phenoxy) is 1. The van der Waals surface area contributed by atoms with Gasteiger partial charge in [-0.05, 0) is 74.9 Å². The van der Waals surface area contributed by atoms with E-state index >= 15 is 0 Å². The van der Waals surface area contributed by atoms with Gasteiger partial charge in [-0.15, -0.1) is 4.99 Å². The predicted octanol–water partition coefficient (Wildman–Crippen LogP) is 5.43. The van der Waals surface area contributed by atoms with Gasteiger partial charge in [0.05, 0.1) is 0 Å². The van der Waals surface area contributed by atoms with Crippen molar-refractivity contribution in [3.63, 3.8) is 0 Å². The van der Waals surface area contributed by atoms with Gasteiger partial charge in [0, 0.05) is 42.8 Å². The molecule has 0 atom stereocenters. The quantitative estimate of drug-likeness (QED) is 0.576. The molecule has 2 aliphatic heterocycles. The van der Waals surface area contributed by atoms with E-state index < -0.39 is 0 Å². The molecule has 1 fully saturated rings. The van der Waals surface area contributed by atoms with Crippen molar-refractivity contribution in [2.45, 2.75) is 57.8 Å². The van der Waals surface area contributed by atoms with Crippen LogP contribution in [-0.4, -0.2) is 50.4 Å². The number of hydrogen-bond acceptors (Lipinski definition) is 4. The van der Waals surface area contributed by atoms with Crippen molar-refractivity contribution in [3.05, 3.63) is 58.7 Å². The third-order valence-corrected chi connectivity index (χ3v) is 7.37. The van der Waals surface area contributed by atoms with Gasteiger partial charge >= 0.3 is 0 Å². The Balaban J connectivity index is 1.71. The molecule has 1 amide bonds. The molecular weight excluding hydrogens is 424 g/mol. The third-order valence-electron chi connectivity index (χ3n) is 7.37. The van der Waals surface area contributed by atoms with Gasteiger partial charge in [0.2, 0.25) is 0 Å². The summed E-state index contributed by atoms with van der Waals surface area (Å²) in [7, 11) is 4.26. The van der Waals surface area contributed by atoms with Crippen LogP contribution in [0.3, 0.4) is 0 Å². The molecule has 34 heavy (non-hydrogen) atoms. The molecule has 1 aromatic rings. The zero-order valence-electron chi connectivity index (χ0n) is 20.9. The van der Waals surface area contributed by atoms with E-state index in [4.69, 9.17) is 11.3 Å². The van der Waals surface area contributed by atoms with Crippen LogP contribution in [-0.2, 0) is 14.9 Å². The van der Waals surface area contributed by atoms with Crippen molar-refractivity contribution in [2.75, 3.05) is 39.2 Å². The number of allylic oxidation sites excluding steroid dienone is 3. The molecule has 180 valence electrons. The van der Waals surface area contributed by atoms with Crippen molar-refractivity contribution >= 4 is 22.9 Å². The summed E-state index contributed by atoms with van der Waals surface area (Å²) < 4.78 is 5.72. The highest BCUT2D eigenvalue weighted by Gasteiger charge is 2.36. The van der Waals surface area contributed by atoms with Gasteiger partial charge in [-0.1, -0.05) is 38.6 Å². The molecule has 4 rings (SSSR count). The normalized spacial score (nSPS) is 21.4. The first-order chi connectivity index (χ1) is 16.2. The lowest BCUT2D eigenvalue weighted by Gasteiger charge is -2.40. The fraction of sp³-hybridized carbons (Fsp3) is 0.536. The van der Waals surface area contributed by atoms with E-state index in [1.165, 1.54) is 11.1 Å². The van der Waals surface area contributed by atoms with Crippen molar-refractivity contribution in [2.24, 2.45) is 10.4 Å². The Bertz CT molecular complexity index is 1080. The summed E-state index contributed by atoms with van der Waals surface area (Å²) >= 11 is 0. The monoisotopic (exact) mass is 460 g/mol. The maximum Gasteiger partial charge on any atom is 0.293 e. The Kier molecular flexibility index (Phi) is 7.06. The highest BCUT2D eigenvalue weighted by Crippen LogP contribution is 2.43. The van der Waals surface area contributed by atoms with E-state index in [0.29, 0.717) is 23.4 Å². The van der Waals surface area contributed by atoms with Crippen molar-refractivity contribution in [1.82, 2.24) is 4.90 Å². The molecular formula is C28H36N4O2. The Morgan fingerprint density at radius 2 is 1.97 bits per heavy atom. The van der Waals surface area contributed by atoms with E-state index in [-0.39, 0.29) is 11.3 Å². The minimum absolute atomic E-state index is 0.0392. The molecule has 3 aliphatic rings. The molecule has 2 heterocycles. The van der Waals surface area contributed by atoms with Crippen LogP contribution in [0.2, 0.25) is 0 Å². The number of carbonyl (C=O) groups excluding carboxylic acids is 1. The number of anilines is 1. The summed E-state index contributed by atoms with van der Waals surface area (Å²) in [5, 5.41) is 3.12. The first-order valence-corrected chi connectivity index (χ1v) is 12.2. The standard InChI is InChI=1S/C28H36N4O2/c1-27(2)12-10-20(11-13-27)22-18-21(28(19-32(4)5)14-16-34-17-15-28)6-7-23(22)31-26(33)24-8-9-25(29-3)30-24/h6-7,9-10,18H,8,11-17,19H2,1-2,4-5H3,(H,31,33). The first-order valence-electron chi connectivity index (χ1n) is 12.2. The minimum atomic E-state index is -0.227. The van der Waals surface area contributed by atoms with Crippen molar-refractivity contribution < 1.29 is 9.53 Å². The minimum Gasteiger partial charge on any atom is -0.381 e. The number of benzene rings is 1. The average molecular weight is 461 g/mol. The smallest absolute Gasteiger partial charge is 0.293 e. The predicted molar refractivity (Wildman–Crippen MR) is 138 cm³/mol. The Hall–Kier alpha value is -2.75.